The van der Waals surface area contributed by atoms with Crippen molar-refractivity contribution in [1.82, 2.24) is 4.98 Å². The molecular formula is C12H14N2O2S2. The zero-order chi connectivity index (χ0) is 13.1. The molecule has 18 heavy (non-hydrogen) atoms. The van der Waals surface area contributed by atoms with Gasteiger partial charge in [-0.1, -0.05) is 0 Å². The Morgan fingerprint density at radius 2 is 2.28 bits per heavy atom. The Balaban J connectivity index is 2.23. The number of aromatic nitrogens is 1. The van der Waals surface area contributed by atoms with Gasteiger partial charge in [-0.25, -0.2) is 4.98 Å². The van der Waals surface area contributed by atoms with E-state index in [0.717, 1.165) is 10.7 Å². The third kappa shape index (κ3) is 2.88. The third-order valence-corrected chi connectivity index (χ3v) is 4.64. The first kappa shape index (κ1) is 13.0. The summed E-state index contributed by atoms with van der Waals surface area (Å²) in [4.78, 5) is 4.90. The molecule has 1 atom stereocenters. The third-order valence-electron chi connectivity index (χ3n) is 2.41. The average molecular weight is 282 g/mol. The Kier molecular flexibility index (Phi) is 3.98. The standard InChI is InChI=1S/C12H14N2O2S2/c1-8-14-9(6-17-8)7-18(15)12-5-10(16-2)3-4-11(12)13/h3-6H,7,13H2,1-2H3. The molecule has 0 aliphatic carbocycles. The fourth-order valence-corrected chi connectivity index (χ4v) is 3.39. The largest absolute Gasteiger partial charge is 0.497 e. The van der Waals surface area contributed by atoms with Crippen LogP contribution in [0.5, 0.6) is 5.75 Å². The van der Waals surface area contributed by atoms with Crippen LogP contribution in [0, 0.1) is 6.92 Å². The average Bonchev–Trinajstić information content (AvgIpc) is 2.75. The Labute approximate surface area is 112 Å². The van der Waals surface area contributed by atoms with Crippen molar-refractivity contribution in [2.75, 3.05) is 12.8 Å². The highest BCUT2D eigenvalue weighted by Gasteiger charge is 2.12. The number of nitrogen functional groups attached to an aromatic ring is 1. The van der Waals surface area contributed by atoms with Crippen molar-refractivity contribution in [2.45, 2.75) is 17.6 Å². The predicted molar refractivity (Wildman–Crippen MR) is 74.4 cm³/mol. The molecule has 1 aromatic heterocycles. The summed E-state index contributed by atoms with van der Waals surface area (Å²) in [5.74, 6) is 1.03. The molecule has 1 unspecified atom stereocenters. The van der Waals surface area contributed by atoms with Crippen LogP contribution < -0.4 is 10.5 Å². The van der Waals surface area contributed by atoms with E-state index < -0.39 is 10.8 Å². The summed E-state index contributed by atoms with van der Waals surface area (Å²) in [6.45, 7) is 1.93. The van der Waals surface area contributed by atoms with Gasteiger partial charge in [0.2, 0.25) is 0 Å². The fourth-order valence-electron chi connectivity index (χ4n) is 1.53. The van der Waals surface area contributed by atoms with Gasteiger partial charge < -0.3 is 10.5 Å². The van der Waals surface area contributed by atoms with E-state index in [-0.39, 0.29) is 0 Å². The van der Waals surface area contributed by atoms with Crippen LogP contribution in [0.4, 0.5) is 5.69 Å². The van der Waals surface area contributed by atoms with Gasteiger partial charge in [-0.2, -0.15) is 0 Å². The van der Waals surface area contributed by atoms with Gasteiger partial charge in [-0.3, -0.25) is 4.21 Å². The molecule has 0 spiro atoms. The summed E-state index contributed by atoms with van der Waals surface area (Å²) in [5.41, 5.74) is 7.18. The van der Waals surface area contributed by atoms with Crippen LogP contribution in [0.15, 0.2) is 28.5 Å². The van der Waals surface area contributed by atoms with Crippen molar-refractivity contribution in [2.24, 2.45) is 0 Å². The minimum absolute atomic E-state index is 0.377. The van der Waals surface area contributed by atoms with Crippen molar-refractivity contribution in [3.05, 3.63) is 34.3 Å². The smallest absolute Gasteiger partial charge is 0.120 e. The number of hydrogen-bond acceptors (Lipinski definition) is 5. The lowest BCUT2D eigenvalue weighted by Gasteiger charge is -2.07. The lowest BCUT2D eigenvalue weighted by molar-refractivity contribution is 0.413. The normalized spacial score (nSPS) is 12.3. The predicted octanol–water partition coefficient (Wildman–Crippen LogP) is 2.35. The Morgan fingerprint density at radius 3 is 2.89 bits per heavy atom. The number of benzene rings is 1. The molecular weight excluding hydrogens is 268 g/mol. The first-order valence-corrected chi connectivity index (χ1v) is 7.53. The highest BCUT2D eigenvalue weighted by Crippen LogP contribution is 2.24. The SMILES string of the molecule is COc1ccc(N)c(S(=O)Cc2csc(C)n2)c1. The summed E-state index contributed by atoms with van der Waals surface area (Å²) in [5, 5.41) is 2.89. The molecule has 4 nitrogen and oxygen atoms in total. The monoisotopic (exact) mass is 282 g/mol. The molecule has 0 aliphatic heterocycles. The number of nitrogens with zero attached hydrogens (tertiary/aromatic N) is 1. The summed E-state index contributed by atoms with van der Waals surface area (Å²) in [7, 11) is 0.366. The maximum atomic E-state index is 12.3. The summed E-state index contributed by atoms with van der Waals surface area (Å²) < 4.78 is 17.4. The van der Waals surface area contributed by atoms with Crippen molar-refractivity contribution in [1.29, 1.82) is 0 Å². The maximum absolute atomic E-state index is 12.3. The van der Waals surface area contributed by atoms with Gasteiger partial charge in [-0.05, 0) is 25.1 Å². The quantitative estimate of drug-likeness (QED) is 0.874. The molecule has 0 amide bonds. The van der Waals surface area contributed by atoms with E-state index in [4.69, 9.17) is 10.5 Å². The Bertz CT molecular complexity index is 581. The van der Waals surface area contributed by atoms with Crippen LogP contribution in [0.3, 0.4) is 0 Å². The maximum Gasteiger partial charge on any atom is 0.120 e. The van der Waals surface area contributed by atoms with Crippen LogP contribution in [-0.4, -0.2) is 16.3 Å². The van der Waals surface area contributed by atoms with Crippen LogP contribution in [-0.2, 0) is 16.6 Å². The molecule has 2 rings (SSSR count). The van der Waals surface area contributed by atoms with E-state index in [9.17, 15) is 4.21 Å². The molecule has 0 radical (unpaired) electrons. The fraction of sp³-hybridized carbons (Fsp3) is 0.250. The number of rotatable bonds is 4. The van der Waals surface area contributed by atoms with Gasteiger partial charge in [0, 0.05) is 11.1 Å². The zero-order valence-corrected chi connectivity index (χ0v) is 11.8. The summed E-state index contributed by atoms with van der Waals surface area (Å²) in [6, 6.07) is 5.17. The lowest BCUT2D eigenvalue weighted by atomic mass is 10.3. The number of hydrogen-bond donors (Lipinski definition) is 1. The van der Waals surface area contributed by atoms with Crippen molar-refractivity contribution in [3.8, 4) is 5.75 Å². The molecule has 2 aromatic rings. The number of ether oxygens (including phenoxy) is 1. The van der Waals surface area contributed by atoms with Gasteiger partial charge in [0.05, 0.1) is 39.3 Å². The number of aryl methyl sites for hydroxylation is 1. The second-order valence-corrected chi connectivity index (χ2v) is 6.23. The molecule has 0 fully saturated rings. The van der Waals surface area contributed by atoms with Crippen LogP contribution in [0.25, 0.3) is 0 Å². The summed E-state index contributed by atoms with van der Waals surface area (Å²) >= 11 is 1.55. The molecule has 2 N–H and O–H groups in total. The van der Waals surface area contributed by atoms with Crippen LogP contribution in [0.2, 0.25) is 0 Å². The second-order valence-electron chi connectivity index (χ2n) is 3.75. The minimum atomic E-state index is -1.21. The second kappa shape index (κ2) is 5.49. The number of thiazole rings is 1. The topological polar surface area (TPSA) is 65.2 Å². The number of anilines is 1. The van der Waals surface area contributed by atoms with Gasteiger partial charge in [0.15, 0.2) is 0 Å². The molecule has 0 saturated heterocycles. The first-order chi connectivity index (χ1) is 8.60. The molecule has 96 valence electrons. The van der Waals surface area contributed by atoms with Crippen LogP contribution in [0.1, 0.15) is 10.7 Å². The van der Waals surface area contributed by atoms with E-state index in [1.54, 1.807) is 36.6 Å². The summed E-state index contributed by atoms with van der Waals surface area (Å²) in [6.07, 6.45) is 0. The van der Waals surface area contributed by atoms with Crippen molar-refractivity contribution in [3.63, 3.8) is 0 Å². The van der Waals surface area contributed by atoms with Gasteiger partial charge >= 0.3 is 0 Å². The highest BCUT2D eigenvalue weighted by atomic mass is 32.2. The van der Waals surface area contributed by atoms with Gasteiger partial charge in [-0.15, -0.1) is 11.3 Å². The van der Waals surface area contributed by atoms with E-state index in [0.29, 0.717) is 22.1 Å². The molecule has 1 heterocycles. The van der Waals surface area contributed by atoms with Crippen LogP contribution >= 0.6 is 11.3 Å². The molecule has 6 heteroatoms. The van der Waals surface area contributed by atoms with Crippen molar-refractivity contribution < 1.29 is 8.95 Å². The van der Waals surface area contributed by atoms with E-state index >= 15 is 0 Å². The molecule has 0 aliphatic rings. The minimum Gasteiger partial charge on any atom is -0.497 e. The van der Waals surface area contributed by atoms with E-state index in [1.165, 1.54) is 0 Å². The van der Waals surface area contributed by atoms with E-state index in [2.05, 4.69) is 4.98 Å². The number of nitrogens with two attached hydrogens (primary N) is 1. The molecule has 0 bridgehead atoms. The van der Waals surface area contributed by atoms with E-state index in [1.807, 2.05) is 12.3 Å². The first-order valence-electron chi connectivity index (χ1n) is 5.33. The highest BCUT2D eigenvalue weighted by molar-refractivity contribution is 7.84. The number of methoxy groups -OCH3 is 1. The lowest BCUT2D eigenvalue weighted by Crippen LogP contribution is -2.02. The van der Waals surface area contributed by atoms with Crippen molar-refractivity contribution >= 4 is 27.8 Å². The zero-order valence-electron chi connectivity index (χ0n) is 10.2. The van der Waals surface area contributed by atoms with Gasteiger partial charge in [0.1, 0.15) is 5.75 Å². The molecule has 1 aromatic carbocycles. The van der Waals surface area contributed by atoms with Gasteiger partial charge in [0.25, 0.3) is 0 Å². The Hall–Kier alpha value is -1.40. The molecule has 0 saturated carbocycles. The Morgan fingerprint density at radius 1 is 1.50 bits per heavy atom.